The zero-order valence-electron chi connectivity index (χ0n) is 8.61. The summed E-state index contributed by atoms with van der Waals surface area (Å²) in [6.45, 7) is 2.33. The van der Waals surface area contributed by atoms with Crippen molar-refractivity contribution < 1.29 is 10.2 Å². The normalized spacial score (nSPS) is 12.7. The summed E-state index contributed by atoms with van der Waals surface area (Å²) in [4.78, 5) is 0. The van der Waals surface area contributed by atoms with E-state index in [1.807, 2.05) is 12.1 Å². The average molecular weight is 194 g/mol. The van der Waals surface area contributed by atoms with Crippen molar-refractivity contribution in [1.29, 1.82) is 0 Å². The van der Waals surface area contributed by atoms with E-state index in [1.54, 1.807) is 12.1 Å². The molecule has 1 unspecified atom stereocenters. The van der Waals surface area contributed by atoms with E-state index in [9.17, 15) is 5.11 Å². The molecule has 0 aliphatic rings. The van der Waals surface area contributed by atoms with E-state index >= 15 is 0 Å². The lowest BCUT2D eigenvalue weighted by molar-refractivity contribution is 0.257. The predicted molar refractivity (Wildman–Crippen MR) is 57.5 cm³/mol. The fourth-order valence-corrected chi connectivity index (χ4v) is 1.56. The highest BCUT2D eigenvalue weighted by molar-refractivity contribution is 5.28. The summed E-state index contributed by atoms with van der Waals surface area (Å²) in [6.07, 6.45) is 3.29. The van der Waals surface area contributed by atoms with Crippen molar-refractivity contribution >= 4 is 0 Å². The number of phenolic OH excluding ortho intramolecular Hbond substituents is 1. The highest BCUT2D eigenvalue weighted by Crippen LogP contribution is 2.23. The molecule has 0 amide bonds. The number of unbranched alkanes of at least 4 members (excludes halogenated alkanes) is 1. The molecule has 0 saturated heterocycles. The smallest absolute Gasteiger partial charge is 0.115 e. The van der Waals surface area contributed by atoms with Crippen molar-refractivity contribution in [2.75, 3.05) is 6.61 Å². The van der Waals surface area contributed by atoms with Crippen LogP contribution in [-0.4, -0.2) is 16.8 Å². The zero-order chi connectivity index (χ0) is 10.4. The standard InChI is InChI=1S/C12H18O2/c1-2-3-4-11(9-13)10-5-7-12(14)8-6-10/h5-8,11,13-14H,2-4,9H2,1H3. The largest absolute Gasteiger partial charge is 0.508 e. The molecule has 0 radical (unpaired) electrons. The minimum atomic E-state index is 0.185. The van der Waals surface area contributed by atoms with E-state index in [2.05, 4.69) is 6.92 Å². The lowest BCUT2D eigenvalue weighted by atomic mass is 9.94. The van der Waals surface area contributed by atoms with Gasteiger partial charge in [-0.2, -0.15) is 0 Å². The Balaban J connectivity index is 2.64. The van der Waals surface area contributed by atoms with Gasteiger partial charge in [-0.05, 0) is 24.1 Å². The summed E-state index contributed by atoms with van der Waals surface area (Å²) in [5.41, 5.74) is 1.11. The minimum absolute atomic E-state index is 0.185. The van der Waals surface area contributed by atoms with Crippen LogP contribution in [0.2, 0.25) is 0 Å². The number of aliphatic hydroxyl groups is 1. The predicted octanol–water partition coefficient (Wildman–Crippen LogP) is 2.66. The lowest BCUT2D eigenvalue weighted by Gasteiger charge is -2.13. The van der Waals surface area contributed by atoms with Crippen molar-refractivity contribution in [2.24, 2.45) is 0 Å². The van der Waals surface area contributed by atoms with Crippen LogP contribution in [0.5, 0.6) is 5.75 Å². The van der Waals surface area contributed by atoms with Crippen molar-refractivity contribution in [3.05, 3.63) is 29.8 Å². The van der Waals surface area contributed by atoms with Gasteiger partial charge in [0.25, 0.3) is 0 Å². The molecule has 0 aliphatic carbocycles. The maximum atomic E-state index is 9.21. The molecule has 1 atom stereocenters. The van der Waals surface area contributed by atoms with Crippen molar-refractivity contribution in [2.45, 2.75) is 32.1 Å². The van der Waals surface area contributed by atoms with E-state index < -0.39 is 0 Å². The molecular formula is C12H18O2. The van der Waals surface area contributed by atoms with Gasteiger partial charge in [-0.3, -0.25) is 0 Å². The Hall–Kier alpha value is -1.02. The van der Waals surface area contributed by atoms with Crippen molar-refractivity contribution in [3.8, 4) is 5.75 Å². The molecule has 1 aromatic rings. The first-order valence-electron chi connectivity index (χ1n) is 5.17. The third kappa shape index (κ3) is 3.04. The summed E-state index contributed by atoms with van der Waals surface area (Å²) >= 11 is 0. The summed E-state index contributed by atoms with van der Waals surface area (Å²) in [6, 6.07) is 7.10. The molecule has 2 heteroatoms. The Morgan fingerprint density at radius 3 is 2.36 bits per heavy atom. The summed E-state index contributed by atoms with van der Waals surface area (Å²) < 4.78 is 0. The third-order valence-corrected chi connectivity index (χ3v) is 2.49. The van der Waals surface area contributed by atoms with Gasteiger partial charge >= 0.3 is 0 Å². The van der Waals surface area contributed by atoms with Gasteiger partial charge in [0.2, 0.25) is 0 Å². The van der Waals surface area contributed by atoms with Crippen LogP contribution in [0.4, 0.5) is 0 Å². The maximum absolute atomic E-state index is 9.21. The quantitative estimate of drug-likeness (QED) is 0.756. The van der Waals surface area contributed by atoms with Crippen LogP contribution in [0, 0.1) is 0 Å². The number of phenols is 1. The molecule has 2 N–H and O–H groups in total. The molecule has 0 aromatic heterocycles. The first kappa shape index (κ1) is 11.1. The molecule has 14 heavy (non-hydrogen) atoms. The lowest BCUT2D eigenvalue weighted by Crippen LogP contribution is -2.03. The van der Waals surface area contributed by atoms with E-state index in [0.29, 0.717) is 0 Å². The van der Waals surface area contributed by atoms with Crippen LogP contribution in [0.25, 0.3) is 0 Å². The second-order valence-corrected chi connectivity index (χ2v) is 3.61. The molecule has 0 heterocycles. The van der Waals surface area contributed by atoms with Crippen LogP contribution >= 0.6 is 0 Å². The zero-order valence-corrected chi connectivity index (χ0v) is 8.61. The highest BCUT2D eigenvalue weighted by atomic mass is 16.3. The molecule has 0 saturated carbocycles. The second-order valence-electron chi connectivity index (χ2n) is 3.61. The summed E-state index contributed by atoms with van der Waals surface area (Å²) in [7, 11) is 0. The van der Waals surface area contributed by atoms with Crippen molar-refractivity contribution in [3.63, 3.8) is 0 Å². The SMILES string of the molecule is CCCCC(CO)c1ccc(O)cc1. The van der Waals surface area contributed by atoms with Gasteiger partial charge in [0.05, 0.1) is 0 Å². The number of rotatable bonds is 5. The highest BCUT2D eigenvalue weighted by Gasteiger charge is 2.09. The molecule has 78 valence electrons. The molecule has 1 aromatic carbocycles. The maximum Gasteiger partial charge on any atom is 0.115 e. The van der Waals surface area contributed by atoms with Gasteiger partial charge in [0.1, 0.15) is 5.75 Å². The Labute approximate surface area is 85.2 Å². The van der Waals surface area contributed by atoms with E-state index in [4.69, 9.17) is 5.11 Å². The molecule has 0 spiro atoms. The fraction of sp³-hybridized carbons (Fsp3) is 0.500. The van der Waals surface area contributed by atoms with Gasteiger partial charge in [-0.15, -0.1) is 0 Å². The summed E-state index contributed by atoms with van der Waals surface area (Å²) in [5.74, 6) is 0.497. The molecule has 0 aliphatic heterocycles. The number of aromatic hydroxyl groups is 1. The second kappa shape index (κ2) is 5.66. The van der Waals surface area contributed by atoms with Crippen LogP contribution in [0.15, 0.2) is 24.3 Å². The summed E-state index contributed by atoms with van der Waals surface area (Å²) in [5, 5.41) is 18.3. The van der Waals surface area contributed by atoms with Gasteiger partial charge in [-0.25, -0.2) is 0 Å². The van der Waals surface area contributed by atoms with Crippen molar-refractivity contribution in [1.82, 2.24) is 0 Å². The number of hydrogen-bond acceptors (Lipinski definition) is 2. The van der Waals surface area contributed by atoms with Crippen LogP contribution in [-0.2, 0) is 0 Å². The first-order valence-corrected chi connectivity index (χ1v) is 5.17. The topological polar surface area (TPSA) is 40.5 Å². The molecular weight excluding hydrogens is 176 g/mol. The Bertz CT molecular complexity index is 254. The van der Waals surface area contributed by atoms with Crippen LogP contribution in [0.1, 0.15) is 37.7 Å². The Morgan fingerprint density at radius 1 is 1.21 bits per heavy atom. The van der Waals surface area contributed by atoms with E-state index in [-0.39, 0.29) is 18.3 Å². The number of aliphatic hydroxyl groups excluding tert-OH is 1. The monoisotopic (exact) mass is 194 g/mol. The third-order valence-electron chi connectivity index (χ3n) is 2.49. The minimum Gasteiger partial charge on any atom is -0.508 e. The Kier molecular flexibility index (Phi) is 4.47. The van der Waals surface area contributed by atoms with E-state index in [1.165, 1.54) is 0 Å². The van der Waals surface area contributed by atoms with Gasteiger partial charge in [-0.1, -0.05) is 31.9 Å². The molecule has 0 bridgehead atoms. The molecule has 2 nitrogen and oxygen atoms in total. The van der Waals surface area contributed by atoms with Crippen LogP contribution in [0.3, 0.4) is 0 Å². The molecule has 0 fully saturated rings. The fourth-order valence-electron chi connectivity index (χ4n) is 1.56. The van der Waals surface area contributed by atoms with Gasteiger partial charge in [0, 0.05) is 12.5 Å². The average Bonchev–Trinajstić information content (AvgIpc) is 2.21. The van der Waals surface area contributed by atoms with E-state index in [0.717, 1.165) is 24.8 Å². The van der Waals surface area contributed by atoms with Crippen LogP contribution < -0.4 is 0 Å². The van der Waals surface area contributed by atoms with Gasteiger partial charge in [0.15, 0.2) is 0 Å². The number of hydrogen-bond donors (Lipinski definition) is 2. The Morgan fingerprint density at radius 2 is 1.86 bits per heavy atom. The van der Waals surface area contributed by atoms with Gasteiger partial charge < -0.3 is 10.2 Å². The number of benzene rings is 1. The molecule has 1 rings (SSSR count). The first-order chi connectivity index (χ1) is 6.77.